The number of halogens is 1. The Hall–Kier alpha value is -2.93. The molecule has 0 radical (unpaired) electrons. The maximum atomic E-state index is 12.6. The zero-order chi connectivity index (χ0) is 19.6. The van der Waals surface area contributed by atoms with E-state index >= 15 is 0 Å². The Morgan fingerprint density at radius 1 is 1.00 bits per heavy atom. The molecule has 0 saturated heterocycles. The smallest absolute Gasteiger partial charge is 0.357 e. The molecule has 0 spiro atoms. The Bertz CT molecular complexity index is 1010. The number of esters is 2. The van der Waals surface area contributed by atoms with Gasteiger partial charge in [-0.15, -0.1) is 0 Å². The molecule has 7 heteroatoms. The number of aryl methyl sites for hydroxylation is 1. The molecule has 1 heterocycles. The van der Waals surface area contributed by atoms with Crippen LogP contribution in [-0.4, -0.2) is 35.9 Å². The Morgan fingerprint density at radius 2 is 1.67 bits per heavy atom. The minimum absolute atomic E-state index is 0.0160. The molecule has 0 saturated carbocycles. The summed E-state index contributed by atoms with van der Waals surface area (Å²) in [5.74, 6) is -1.34. The predicted molar refractivity (Wildman–Crippen MR) is 104 cm³/mol. The number of aromatic nitrogens is 2. The molecule has 1 aromatic heterocycles. The second kappa shape index (κ2) is 7.75. The Kier molecular flexibility index (Phi) is 5.41. The highest BCUT2D eigenvalue weighted by molar-refractivity contribution is 9.10. The number of benzene rings is 2. The van der Waals surface area contributed by atoms with Crippen molar-refractivity contribution in [1.29, 1.82) is 0 Å². The van der Waals surface area contributed by atoms with Crippen molar-refractivity contribution < 1.29 is 19.1 Å². The second-order valence-corrected chi connectivity index (χ2v) is 6.62. The van der Waals surface area contributed by atoms with Gasteiger partial charge in [-0.1, -0.05) is 46.3 Å². The lowest BCUT2D eigenvalue weighted by Gasteiger charge is -2.07. The fourth-order valence-corrected chi connectivity index (χ4v) is 3.08. The van der Waals surface area contributed by atoms with Crippen LogP contribution in [0.25, 0.3) is 16.9 Å². The average molecular weight is 429 g/mol. The quantitative estimate of drug-likeness (QED) is 0.582. The van der Waals surface area contributed by atoms with Crippen LogP contribution in [0.1, 0.15) is 26.4 Å². The van der Waals surface area contributed by atoms with Gasteiger partial charge in [0.15, 0.2) is 5.69 Å². The third-order valence-electron chi connectivity index (χ3n) is 4.10. The summed E-state index contributed by atoms with van der Waals surface area (Å²) in [7, 11) is 2.52. The molecule has 138 valence electrons. The Morgan fingerprint density at radius 3 is 2.26 bits per heavy atom. The SMILES string of the molecule is COC(=O)c1c(-c2ccc(C)c(Br)c2)nn(-c2ccccc2)c1C(=O)OC. The Labute approximate surface area is 164 Å². The monoisotopic (exact) mass is 428 g/mol. The van der Waals surface area contributed by atoms with Gasteiger partial charge in [0.1, 0.15) is 11.3 Å². The van der Waals surface area contributed by atoms with E-state index in [1.54, 1.807) is 12.1 Å². The largest absolute Gasteiger partial charge is 0.465 e. The number of hydrogen-bond acceptors (Lipinski definition) is 5. The van der Waals surface area contributed by atoms with Gasteiger partial charge >= 0.3 is 11.9 Å². The van der Waals surface area contributed by atoms with E-state index in [-0.39, 0.29) is 11.3 Å². The Balaban J connectivity index is 2.36. The van der Waals surface area contributed by atoms with Crippen LogP contribution in [0.3, 0.4) is 0 Å². The molecule has 27 heavy (non-hydrogen) atoms. The summed E-state index contributed by atoms with van der Waals surface area (Å²) in [6.07, 6.45) is 0. The van der Waals surface area contributed by atoms with Gasteiger partial charge in [-0.05, 0) is 30.7 Å². The van der Waals surface area contributed by atoms with Gasteiger partial charge in [0.2, 0.25) is 0 Å². The summed E-state index contributed by atoms with van der Waals surface area (Å²) in [5.41, 5.74) is 2.75. The molecular formula is C20H17BrN2O4. The summed E-state index contributed by atoms with van der Waals surface area (Å²) in [6.45, 7) is 1.96. The van der Waals surface area contributed by atoms with Crippen LogP contribution in [-0.2, 0) is 9.47 Å². The highest BCUT2D eigenvalue weighted by atomic mass is 79.9. The highest BCUT2D eigenvalue weighted by Gasteiger charge is 2.31. The van der Waals surface area contributed by atoms with E-state index in [1.807, 2.05) is 43.3 Å². The molecule has 0 aliphatic rings. The summed E-state index contributed by atoms with van der Waals surface area (Å²) in [6, 6.07) is 14.6. The maximum absolute atomic E-state index is 12.6. The topological polar surface area (TPSA) is 70.4 Å². The van der Waals surface area contributed by atoms with Crippen molar-refractivity contribution >= 4 is 27.9 Å². The first-order valence-electron chi connectivity index (χ1n) is 8.09. The standard InChI is InChI=1S/C20H17BrN2O4/c1-12-9-10-13(11-15(12)21)17-16(19(24)26-2)18(20(25)27-3)23(22-17)14-7-5-4-6-8-14/h4-11H,1-3H3. The van der Waals surface area contributed by atoms with E-state index in [0.29, 0.717) is 16.9 Å². The third kappa shape index (κ3) is 3.50. The van der Waals surface area contributed by atoms with E-state index < -0.39 is 11.9 Å². The van der Waals surface area contributed by atoms with Crippen LogP contribution in [0.4, 0.5) is 0 Å². The minimum atomic E-state index is -0.677. The van der Waals surface area contributed by atoms with Gasteiger partial charge in [0, 0.05) is 10.0 Å². The molecule has 6 nitrogen and oxygen atoms in total. The molecule has 0 aliphatic heterocycles. The summed E-state index contributed by atoms with van der Waals surface area (Å²) >= 11 is 3.49. The number of hydrogen-bond donors (Lipinski definition) is 0. The number of rotatable bonds is 4. The molecule has 0 unspecified atom stereocenters. The number of methoxy groups -OCH3 is 2. The molecule has 0 aliphatic carbocycles. The number of carbonyl (C=O) groups is 2. The fourth-order valence-electron chi connectivity index (χ4n) is 2.70. The van der Waals surface area contributed by atoms with Gasteiger partial charge in [-0.3, -0.25) is 0 Å². The molecular weight excluding hydrogens is 412 g/mol. The van der Waals surface area contributed by atoms with Crippen LogP contribution in [0.2, 0.25) is 0 Å². The van der Waals surface area contributed by atoms with Gasteiger partial charge in [0.25, 0.3) is 0 Å². The molecule has 2 aromatic carbocycles. The van der Waals surface area contributed by atoms with Gasteiger partial charge < -0.3 is 9.47 Å². The van der Waals surface area contributed by atoms with Crippen molar-refractivity contribution in [2.45, 2.75) is 6.92 Å². The van der Waals surface area contributed by atoms with Crippen molar-refractivity contribution in [3.63, 3.8) is 0 Å². The molecule has 0 N–H and O–H groups in total. The van der Waals surface area contributed by atoms with Crippen molar-refractivity contribution in [2.75, 3.05) is 14.2 Å². The zero-order valence-electron chi connectivity index (χ0n) is 15.0. The maximum Gasteiger partial charge on any atom is 0.357 e. The first kappa shape index (κ1) is 18.8. The van der Waals surface area contributed by atoms with E-state index in [1.165, 1.54) is 18.9 Å². The lowest BCUT2D eigenvalue weighted by molar-refractivity contribution is 0.0549. The van der Waals surface area contributed by atoms with Gasteiger partial charge in [0.05, 0.1) is 19.9 Å². The van der Waals surface area contributed by atoms with Crippen LogP contribution in [0, 0.1) is 6.92 Å². The highest BCUT2D eigenvalue weighted by Crippen LogP contribution is 2.31. The lowest BCUT2D eigenvalue weighted by Crippen LogP contribution is -2.15. The van der Waals surface area contributed by atoms with Crippen LogP contribution < -0.4 is 0 Å². The molecule has 3 aromatic rings. The van der Waals surface area contributed by atoms with E-state index in [4.69, 9.17) is 9.47 Å². The number of para-hydroxylation sites is 1. The summed E-state index contributed by atoms with van der Waals surface area (Å²) in [5, 5.41) is 4.55. The molecule has 0 atom stereocenters. The summed E-state index contributed by atoms with van der Waals surface area (Å²) < 4.78 is 12.1. The second-order valence-electron chi connectivity index (χ2n) is 5.77. The fraction of sp³-hybridized carbons (Fsp3) is 0.150. The first-order valence-corrected chi connectivity index (χ1v) is 8.88. The van der Waals surface area contributed by atoms with Gasteiger partial charge in [-0.25, -0.2) is 14.3 Å². The van der Waals surface area contributed by atoms with Crippen LogP contribution >= 0.6 is 15.9 Å². The average Bonchev–Trinajstić information content (AvgIpc) is 3.10. The molecule has 0 fully saturated rings. The van der Waals surface area contributed by atoms with Gasteiger partial charge in [-0.2, -0.15) is 5.10 Å². The molecule has 0 amide bonds. The van der Waals surface area contributed by atoms with E-state index in [0.717, 1.165) is 10.0 Å². The van der Waals surface area contributed by atoms with Crippen molar-refractivity contribution in [1.82, 2.24) is 9.78 Å². The van der Waals surface area contributed by atoms with Crippen molar-refractivity contribution in [3.8, 4) is 16.9 Å². The molecule has 3 rings (SSSR count). The first-order chi connectivity index (χ1) is 13.0. The zero-order valence-corrected chi connectivity index (χ0v) is 16.6. The number of carbonyl (C=O) groups excluding carboxylic acids is 2. The predicted octanol–water partition coefficient (Wildman–Crippen LogP) is 4.18. The van der Waals surface area contributed by atoms with Crippen LogP contribution in [0.15, 0.2) is 53.0 Å². The molecule has 0 bridgehead atoms. The van der Waals surface area contributed by atoms with Crippen LogP contribution in [0.5, 0.6) is 0 Å². The normalized spacial score (nSPS) is 10.5. The minimum Gasteiger partial charge on any atom is -0.465 e. The van der Waals surface area contributed by atoms with Crippen molar-refractivity contribution in [2.24, 2.45) is 0 Å². The summed E-state index contributed by atoms with van der Waals surface area (Å²) in [4.78, 5) is 25.1. The van der Waals surface area contributed by atoms with E-state index in [9.17, 15) is 9.59 Å². The number of nitrogens with zero attached hydrogens (tertiary/aromatic N) is 2. The third-order valence-corrected chi connectivity index (χ3v) is 4.95. The lowest BCUT2D eigenvalue weighted by atomic mass is 10.0. The van der Waals surface area contributed by atoms with Crippen molar-refractivity contribution in [3.05, 3.63) is 69.8 Å². The van der Waals surface area contributed by atoms with E-state index in [2.05, 4.69) is 21.0 Å². The number of ether oxygens (including phenoxy) is 2.